The average molecular weight is 366 g/mol. The number of H-pyrrole nitrogens is 1. The van der Waals surface area contributed by atoms with Gasteiger partial charge in [0.25, 0.3) is 5.91 Å². The minimum absolute atomic E-state index is 0. The number of hydrogen-bond donors (Lipinski definition) is 2. The molecule has 0 bridgehead atoms. The minimum atomic E-state index is 0. The molecule has 3 N–H and O–H groups in total. The maximum atomic E-state index is 12.7. The Morgan fingerprint density at radius 3 is 3.04 bits per heavy atom. The van der Waals surface area contributed by atoms with E-state index in [-0.39, 0.29) is 24.4 Å². The Morgan fingerprint density at radius 1 is 1.38 bits per heavy atom. The van der Waals surface area contributed by atoms with Crippen molar-refractivity contribution in [2.75, 3.05) is 30.3 Å². The lowest BCUT2D eigenvalue weighted by molar-refractivity contribution is -0.125. The zero-order valence-electron chi connectivity index (χ0n) is 13.1. The number of amides is 1. The zero-order valence-corrected chi connectivity index (χ0v) is 14.8. The van der Waals surface area contributed by atoms with Crippen molar-refractivity contribution in [2.45, 2.75) is 12.5 Å². The molecule has 1 amide bonds. The quantitative estimate of drug-likeness (QED) is 0.850. The molecule has 8 heteroatoms. The molecule has 128 valence electrons. The van der Waals surface area contributed by atoms with Crippen molar-refractivity contribution in [3.05, 3.63) is 35.6 Å². The van der Waals surface area contributed by atoms with Crippen LogP contribution in [0.1, 0.15) is 6.42 Å². The van der Waals surface area contributed by atoms with Crippen LogP contribution in [0.4, 0.5) is 5.69 Å². The summed E-state index contributed by atoms with van der Waals surface area (Å²) in [5, 5.41) is 1.07. The number of thioether (sulfide) groups is 1. The number of halogens is 1. The summed E-state index contributed by atoms with van der Waals surface area (Å²) in [6.45, 7) is 2.30. The molecule has 24 heavy (non-hydrogen) atoms. The van der Waals surface area contributed by atoms with Crippen LogP contribution in [0.3, 0.4) is 0 Å². The van der Waals surface area contributed by atoms with Gasteiger partial charge in [0.2, 0.25) is 0 Å². The third kappa shape index (κ3) is 3.11. The number of aromatic amines is 1. The van der Waals surface area contributed by atoms with E-state index in [4.69, 9.17) is 5.73 Å². The minimum Gasteiger partial charge on any atom is -0.346 e. The second-order valence-corrected chi connectivity index (χ2v) is 7.04. The molecule has 2 aliphatic rings. The van der Waals surface area contributed by atoms with Crippen LogP contribution in [0.15, 0.2) is 35.6 Å². The molecule has 2 aromatic heterocycles. The molecule has 1 fully saturated rings. The smallest absolute Gasteiger partial charge is 0.261 e. The Labute approximate surface area is 150 Å². The number of likely N-dealkylation sites (tertiary alicyclic amines) is 1. The van der Waals surface area contributed by atoms with Gasteiger partial charge >= 0.3 is 0 Å². The van der Waals surface area contributed by atoms with Crippen LogP contribution < -0.4 is 10.6 Å². The van der Waals surface area contributed by atoms with Crippen LogP contribution in [-0.2, 0) is 4.79 Å². The number of aromatic nitrogens is 2. The molecule has 4 rings (SSSR count). The van der Waals surface area contributed by atoms with Gasteiger partial charge in [0.1, 0.15) is 5.65 Å². The molecule has 4 heterocycles. The van der Waals surface area contributed by atoms with Crippen molar-refractivity contribution >= 4 is 46.8 Å². The van der Waals surface area contributed by atoms with Gasteiger partial charge in [-0.05, 0) is 18.6 Å². The highest BCUT2D eigenvalue weighted by Crippen LogP contribution is 2.31. The summed E-state index contributed by atoms with van der Waals surface area (Å²) < 4.78 is 0. The molecule has 0 aliphatic carbocycles. The van der Waals surface area contributed by atoms with Crippen LogP contribution >= 0.6 is 24.2 Å². The van der Waals surface area contributed by atoms with Gasteiger partial charge < -0.3 is 20.5 Å². The number of carbonyl (C=O) groups is 1. The van der Waals surface area contributed by atoms with Gasteiger partial charge in [-0.15, -0.1) is 24.2 Å². The molecule has 0 spiro atoms. The van der Waals surface area contributed by atoms with Crippen LogP contribution in [-0.4, -0.2) is 52.2 Å². The summed E-state index contributed by atoms with van der Waals surface area (Å²) in [6.07, 6.45) is 6.55. The molecule has 0 radical (unpaired) electrons. The number of nitrogens with two attached hydrogens (primary N) is 1. The summed E-state index contributed by atoms with van der Waals surface area (Å²) in [4.78, 5) is 24.9. The standard InChI is InChI=1S/C16H19N5OS.ClH/c17-11-3-6-21(9-11)16(22)14-10-20(7-8-23-14)13-2-5-19-15-12(13)1-4-18-15;/h1-2,4-5,10-11H,3,6-9,17H2,(H,18,19);1H/t11-;/m0./s1. The fraction of sp³-hybridized carbons (Fsp3) is 0.375. The second-order valence-electron chi connectivity index (χ2n) is 5.91. The summed E-state index contributed by atoms with van der Waals surface area (Å²) in [6, 6.07) is 4.13. The largest absolute Gasteiger partial charge is 0.346 e. The topological polar surface area (TPSA) is 78.2 Å². The highest BCUT2D eigenvalue weighted by Gasteiger charge is 2.28. The van der Waals surface area contributed by atoms with E-state index in [0.29, 0.717) is 6.54 Å². The Bertz CT molecular complexity index is 777. The summed E-state index contributed by atoms with van der Waals surface area (Å²) in [5.74, 6) is 0.998. The lowest BCUT2D eigenvalue weighted by Gasteiger charge is -2.28. The van der Waals surface area contributed by atoms with Crippen molar-refractivity contribution in [1.82, 2.24) is 14.9 Å². The van der Waals surface area contributed by atoms with Gasteiger partial charge in [0.05, 0.1) is 10.6 Å². The molecule has 2 aliphatic heterocycles. The number of nitrogens with one attached hydrogen (secondary N) is 1. The van der Waals surface area contributed by atoms with E-state index in [2.05, 4.69) is 14.9 Å². The first-order valence-electron chi connectivity index (χ1n) is 7.80. The first-order valence-corrected chi connectivity index (χ1v) is 8.79. The Kier molecular flexibility index (Phi) is 5.03. The molecule has 0 saturated carbocycles. The van der Waals surface area contributed by atoms with Gasteiger partial charge in [0, 0.05) is 55.4 Å². The molecular weight excluding hydrogens is 346 g/mol. The summed E-state index contributed by atoms with van der Waals surface area (Å²) in [5.41, 5.74) is 7.87. The van der Waals surface area contributed by atoms with Gasteiger partial charge in [-0.25, -0.2) is 4.98 Å². The van der Waals surface area contributed by atoms with Crippen molar-refractivity contribution in [3.8, 4) is 0 Å². The number of nitrogens with zero attached hydrogens (tertiary/aromatic N) is 3. The molecule has 6 nitrogen and oxygen atoms in total. The third-order valence-corrected chi connectivity index (χ3v) is 5.31. The summed E-state index contributed by atoms with van der Waals surface area (Å²) >= 11 is 1.63. The number of carbonyl (C=O) groups excluding carboxylic acids is 1. The lowest BCUT2D eigenvalue weighted by atomic mass is 10.2. The maximum Gasteiger partial charge on any atom is 0.261 e. The fourth-order valence-corrected chi connectivity index (χ4v) is 4.09. The van der Waals surface area contributed by atoms with Crippen LogP contribution in [0.25, 0.3) is 11.0 Å². The maximum absolute atomic E-state index is 12.7. The molecule has 1 atom stereocenters. The lowest BCUT2D eigenvalue weighted by Crippen LogP contribution is -2.34. The first kappa shape index (κ1) is 17.1. The van der Waals surface area contributed by atoms with Crippen molar-refractivity contribution in [3.63, 3.8) is 0 Å². The molecule has 1 saturated heterocycles. The van der Waals surface area contributed by atoms with Gasteiger partial charge in [-0.1, -0.05) is 0 Å². The number of pyridine rings is 1. The highest BCUT2D eigenvalue weighted by atomic mass is 35.5. The van der Waals surface area contributed by atoms with E-state index in [1.165, 1.54) is 0 Å². The number of fused-ring (bicyclic) bond motifs is 1. The Hall–Kier alpha value is -1.70. The van der Waals surface area contributed by atoms with E-state index in [1.807, 2.05) is 29.4 Å². The van der Waals surface area contributed by atoms with E-state index in [0.717, 1.165) is 46.9 Å². The number of rotatable bonds is 2. The number of hydrogen-bond acceptors (Lipinski definition) is 5. The fourth-order valence-electron chi connectivity index (χ4n) is 3.13. The first-order chi connectivity index (χ1) is 11.2. The van der Waals surface area contributed by atoms with Crippen molar-refractivity contribution in [1.29, 1.82) is 0 Å². The Morgan fingerprint density at radius 2 is 2.25 bits per heavy atom. The van der Waals surface area contributed by atoms with Crippen LogP contribution in [0.5, 0.6) is 0 Å². The van der Waals surface area contributed by atoms with Gasteiger partial charge in [0.15, 0.2) is 0 Å². The second kappa shape index (κ2) is 7.04. The number of anilines is 1. The van der Waals surface area contributed by atoms with Gasteiger partial charge in [-0.3, -0.25) is 4.79 Å². The predicted octanol–water partition coefficient (Wildman–Crippen LogP) is 1.94. The SMILES string of the molecule is Cl.N[C@H]1CCN(C(=O)C2=CN(c3ccnc4[nH]ccc34)CCS2)C1. The zero-order chi connectivity index (χ0) is 15.8. The molecule has 0 unspecified atom stereocenters. The normalized spacial score (nSPS) is 20.9. The third-order valence-electron chi connectivity index (χ3n) is 4.33. The van der Waals surface area contributed by atoms with E-state index in [9.17, 15) is 4.79 Å². The average Bonchev–Trinajstić information content (AvgIpc) is 3.22. The van der Waals surface area contributed by atoms with Crippen LogP contribution in [0.2, 0.25) is 0 Å². The van der Waals surface area contributed by atoms with Crippen molar-refractivity contribution in [2.24, 2.45) is 5.73 Å². The molecule has 0 aromatic carbocycles. The molecule has 2 aromatic rings. The van der Waals surface area contributed by atoms with E-state index in [1.54, 1.807) is 18.0 Å². The predicted molar refractivity (Wildman–Crippen MR) is 100 cm³/mol. The Balaban J connectivity index is 0.00000169. The highest BCUT2D eigenvalue weighted by molar-refractivity contribution is 8.04. The van der Waals surface area contributed by atoms with Crippen molar-refractivity contribution < 1.29 is 4.79 Å². The van der Waals surface area contributed by atoms with E-state index >= 15 is 0 Å². The monoisotopic (exact) mass is 365 g/mol. The van der Waals surface area contributed by atoms with E-state index < -0.39 is 0 Å². The summed E-state index contributed by atoms with van der Waals surface area (Å²) in [7, 11) is 0. The van der Waals surface area contributed by atoms with Gasteiger partial charge in [-0.2, -0.15) is 0 Å². The van der Waals surface area contributed by atoms with Crippen LogP contribution in [0, 0.1) is 0 Å². The molecular formula is C16H20ClN5OS.